The van der Waals surface area contributed by atoms with E-state index in [0.717, 1.165) is 24.6 Å². The Morgan fingerprint density at radius 1 is 1.30 bits per heavy atom. The quantitative estimate of drug-likeness (QED) is 0.789. The van der Waals surface area contributed by atoms with Crippen molar-refractivity contribution in [2.75, 3.05) is 6.54 Å². The number of primary amides is 1. The molecule has 0 heterocycles. The Balaban J connectivity index is 1.74. The molecule has 0 radical (unpaired) electrons. The number of hydrogen-bond donors (Lipinski definition) is 2. The van der Waals surface area contributed by atoms with Gasteiger partial charge in [0.2, 0.25) is 5.91 Å². The van der Waals surface area contributed by atoms with E-state index in [1.54, 1.807) is 12.1 Å². The van der Waals surface area contributed by atoms with Crippen molar-refractivity contribution in [2.24, 2.45) is 11.7 Å². The highest BCUT2D eigenvalue weighted by molar-refractivity contribution is 6.31. The number of amides is 1. The predicted octanol–water partition coefficient (Wildman–Crippen LogP) is 3.50. The van der Waals surface area contributed by atoms with Crippen LogP contribution in [0.3, 0.4) is 0 Å². The van der Waals surface area contributed by atoms with Crippen molar-refractivity contribution in [1.29, 1.82) is 0 Å². The van der Waals surface area contributed by atoms with Gasteiger partial charge in [-0.25, -0.2) is 0 Å². The van der Waals surface area contributed by atoms with Gasteiger partial charge in [-0.15, -0.1) is 0 Å². The standard InChI is InChI=1S/C16H23ClN2O/c17-15-10-13(16(18)20)6-7-14(15)11-19-9-8-12-4-2-1-3-5-12/h6-7,10,12,19H,1-5,8-9,11H2,(H2,18,20). The van der Waals surface area contributed by atoms with Crippen LogP contribution < -0.4 is 11.1 Å². The van der Waals surface area contributed by atoms with E-state index in [1.165, 1.54) is 38.5 Å². The number of nitrogens with two attached hydrogens (primary N) is 1. The predicted molar refractivity (Wildman–Crippen MR) is 82.9 cm³/mol. The summed E-state index contributed by atoms with van der Waals surface area (Å²) in [7, 11) is 0. The summed E-state index contributed by atoms with van der Waals surface area (Å²) in [4.78, 5) is 11.0. The Kier molecular flexibility index (Phi) is 5.86. The molecule has 20 heavy (non-hydrogen) atoms. The van der Waals surface area contributed by atoms with Gasteiger partial charge >= 0.3 is 0 Å². The molecule has 0 unspecified atom stereocenters. The van der Waals surface area contributed by atoms with Gasteiger partial charge in [-0.05, 0) is 36.6 Å². The van der Waals surface area contributed by atoms with Gasteiger partial charge in [0.05, 0.1) is 0 Å². The van der Waals surface area contributed by atoms with Gasteiger partial charge in [0, 0.05) is 17.1 Å². The van der Waals surface area contributed by atoms with Crippen molar-refractivity contribution >= 4 is 17.5 Å². The third-order valence-corrected chi connectivity index (χ3v) is 4.46. The molecule has 1 aliphatic rings. The zero-order valence-corrected chi connectivity index (χ0v) is 12.6. The lowest BCUT2D eigenvalue weighted by Crippen LogP contribution is -2.19. The largest absolute Gasteiger partial charge is 0.366 e. The van der Waals surface area contributed by atoms with Crippen LogP contribution in [-0.2, 0) is 6.54 Å². The molecule has 1 saturated carbocycles. The molecule has 4 heteroatoms. The summed E-state index contributed by atoms with van der Waals surface area (Å²) in [5, 5.41) is 4.04. The van der Waals surface area contributed by atoms with Crippen LogP contribution >= 0.6 is 11.6 Å². The number of rotatable bonds is 6. The number of benzene rings is 1. The fourth-order valence-electron chi connectivity index (χ4n) is 2.85. The molecule has 0 atom stereocenters. The second-order valence-corrected chi connectivity index (χ2v) is 6.05. The number of carbonyl (C=O) groups excluding carboxylic acids is 1. The second kappa shape index (κ2) is 7.65. The molecule has 0 aromatic heterocycles. The first-order valence-corrected chi connectivity index (χ1v) is 7.83. The van der Waals surface area contributed by atoms with Crippen LogP contribution in [0, 0.1) is 5.92 Å². The van der Waals surface area contributed by atoms with Crippen LogP contribution in [0.25, 0.3) is 0 Å². The zero-order chi connectivity index (χ0) is 14.4. The minimum Gasteiger partial charge on any atom is -0.366 e. The minimum atomic E-state index is -0.441. The van der Waals surface area contributed by atoms with Crippen LogP contribution in [0.15, 0.2) is 18.2 Å². The summed E-state index contributed by atoms with van der Waals surface area (Å²) in [6.07, 6.45) is 8.21. The van der Waals surface area contributed by atoms with Crippen molar-refractivity contribution in [2.45, 2.75) is 45.1 Å². The summed E-state index contributed by atoms with van der Waals surface area (Å²) >= 11 is 6.15. The summed E-state index contributed by atoms with van der Waals surface area (Å²) in [6.45, 7) is 1.77. The number of carbonyl (C=O) groups is 1. The van der Waals surface area contributed by atoms with E-state index in [-0.39, 0.29) is 0 Å². The van der Waals surface area contributed by atoms with E-state index in [9.17, 15) is 4.79 Å². The highest BCUT2D eigenvalue weighted by atomic mass is 35.5. The highest BCUT2D eigenvalue weighted by Crippen LogP contribution is 2.25. The Morgan fingerprint density at radius 2 is 2.05 bits per heavy atom. The van der Waals surface area contributed by atoms with Crippen LogP contribution in [-0.4, -0.2) is 12.5 Å². The van der Waals surface area contributed by atoms with Gasteiger partial charge in [-0.3, -0.25) is 4.79 Å². The molecular formula is C16H23ClN2O. The Labute approximate surface area is 125 Å². The third kappa shape index (κ3) is 4.50. The summed E-state index contributed by atoms with van der Waals surface area (Å²) in [5.74, 6) is 0.452. The Morgan fingerprint density at radius 3 is 2.70 bits per heavy atom. The number of hydrogen-bond acceptors (Lipinski definition) is 2. The van der Waals surface area contributed by atoms with Crippen molar-refractivity contribution in [3.63, 3.8) is 0 Å². The molecular weight excluding hydrogens is 272 g/mol. The number of nitrogens with one attached hydrogen (secondary N) is 1. The van der Waals surface area contributed by atoms with Gasteiger partial charge in [-0.1, -0.05) is 49.8 Å². The van der Waals surface area contributed by atoms with Crippen LogP contribution in [0.5, 0.6) is 0 Å². The van der Waals surface area contributed by atoms with E-state index in [4.69, 9.17) is 17.3 Å². The average Bonchev–Trinajstić information content (AvgIpc) is 2.46. The molecule has 0 saturated heterocycles. The maximum absolute atomic E-state index is 11.0. The SMILES string of the molecule is NC(=O)c1ccc(CNCCC2CCCCC2)c(Cl)c1. The molecule has 1 fully saturated rings. The molecule has 3 N–H and O–H groups in total. The fourth-order valence-corrected chi connectivity index (χ4v) is 3.10. The second-order valence-electron chi connectivity index (χ2n) is 5.64. The lowest BCUT2D eigenvalue weighted by Gasteiger charge is -2.21. The summed E-state index contributed by atoms with van der Waals surface area (Å²) < 4.78 is 0. The van der Waals surface area contributed by atoms with Crippen molar-refractivity contribution < 1.29 is 4.79 Å². The molecule has 1 aromatic carbocycles. The molecule has 2 rings (SSSR count). The Bertz CT molecular complexity index is 456. The molecule has 1 amide bonds. The molecule has 0 aliphatic heterocycles. The first-order chi connectivity index (χ1) is 9.66. The number of halogens is 1. The lowest BCUT2D eigenvalue weighted by atomic mass is 9.87. The summed E-state index contributed by atoms with van der Waals surface area (Å²) in [6, 6.07) is 5.24. The maximum Gasteiger partial charge on any atom is 0.248 e. The topological polar surface area (TPSA) is 55.1 Å². The van der Waals surface area contributed by atoms with Crippen LogP contribution in [0.4, 0.5) is 0 Å². The van der Waals surface area contributed by atoms with Gasteiger partial charge in [0.1, 0.15) is 0 Å². The van der Waals surface area contributed by atoms with Gasteiger partial charge < -0.3 is 11.1 Å². The van der Waals surface area contributed by atoms with E-state index in [1.807, 2.05) is 6.07 Å². The third-order valence-electron chi connectivity index (χ3n) is 4.11. The normalized spacial score (nSPS) is 16.2. The molecule has 0 spiro atoms. The maximum atomic E-state index is 11.0. The van der Waals surface area contributed by atoms with Gasteiger partial charge in [0.25, 0.3) is 0 Å². The minimum absolute atomic E-state index is 0.441. The van der Waals surface area contributed by atoms with Crippen molar-refractivity contribution in [3.05, 3.63) is 34.3 Å². The van der Waals surface area contributed by atoms with E-state index in [2.05, 4.69) is 5.32 Å². The Hall–Kier alpha value is -1.06. The first kappa shape index (κ1) is 15.3. The molecule has 3 nitrogen and oxygen atoms in total. The highest BCUT2D eigenvalue weighted by Gasteiger charge is 2.12. The van der Waals surface area contributed by atoms with E-state index >= 15 is 0 Å². The molecule has 0 bridgehead atoms. The van der Waals surface area contributed by atoms with Gasteiger partial charge in [0.15, 0.2) is 0 Å². The molecule has 1 aliphatic carbocycles. The van der Waals surface area contributed by atoms with Gasteiger partial charge in [-0.2, -0.15) is 0 Å². The fraction of sp³-hybridized carbons (Fsp3) is 0.562. The molecule has 1 aromatic rings. The smallest absolute Gasteiger partial charge is 0.248 e. The van der Waals surface area contributed by atoms with Crippen molar-refractivity contribution in [3.8, 4) is 0 Å². The summed E-state index contributed by atoms with van der Waals surface area (Å²) in [5.41, 5.74) is 6.70. The first-order valence-electron chi connectivity index (χ1n) is 7.46. The van der Waals surface area contributed by atoms with E-state index < -0.39 is 5.91 Å². The monoisotopic (exact) mass is 294 g/mol. The lowest BCUT2D eigenvalue weighted by molar-refractivity contribution is 0.100. The van der Waals surface area contributed by atoms with Crippen molar-refractivity contribution in [1.82, 2.24) is 5.32 Å². The van der Waals surface area contributed by atoms with E-state index in [0.29, 0.717) is 10.6 Å². The van der Waals surface area contributed by atoms with Crippen LogP contribution in [0.2, 0.25) is 5.02 Å². The average molecular weight is 295 g/mol. The zero-order valence-electron chi connectivity index (χ0n) is 11.8. The van der Waals surface area contributed by atoms with Crippen LogP contribution in [0.1, 0.15) is 54.4 Å². The molecule has 110 valence electrons.